The number of hydrogen-bond donors (Lipinski definition) is 0. The lowest BCUT2D eigenvalue weighted by molar-refractivity contribution is 0.112. The molecule has 1 aromatic heterocycles. The second-order valence-electron chi connectivity index (χ2n) is 3.71. The minimum absolute atomic E-state index is 0.0265. The van der Waals surface area contributed by atoms with Gasteiger partial charge in [0.1, 0.15) is 17.6 Å². The Bertz CT molecular complexity index is 640. The predicted molar refractivity (Wildman–Crippen MR) is 63.4 cm³/mol. The van der Waals surface area contributed by atoms with Crippen LogP contribution in [-0.4, -0.2) is 16.1 Å². The molecule has 2 rings (SSSR count). The van der Waals surface area contributed by atoms with Crippen molar-refractivity contribution in [2.75, 3.05) is 0 Å². The van der Waals surface area contributed by atoms with Crippen molar-refractivity contribution in [2.24, 2.45) is 0 Å². The van der Waals surface area contributed by atoms with Gasteiger partial charge in [-0.15, -0.1) is 0 Å². The van der Waals surface area contributed by atoms with Gasteiger partial charge in [-0.05, 0) is 19.1 Å². The summed E-state index contributed by atoms with van der Waals surface area (Å²) in [6, 6.07) is 5.92. The minimum Gasteiger partial charge on any atom is -0.298 e. The van der Waals surface area contributed by atoms with Gasteiger partial charge >= 0.3 is 0 Å². The Morgan fingerprint density at radius 2 is 2.33 bits per heavy atom. The smallest absolute Gasteiger partial charge is 0.153 e. The summed E-state index contributed by atoms with van der Waals surface area (Å²) in [6.07, 6.45) is 2.29. The van der Waals surface area contributed by atoms with Crippen molar-refractivity contribution < 1.29 is 9.18 Å². The zero-order chi connectivity index (χ0) is 13.1. The standard InChI is InChI=1S/C13H10FN3O/c1-2-17-7-11(8-18)13(16-17)9-3-4-10(6-15)12(14)5-9/h3-5,7-8H,2H2,1H3. The van der Waals surface area contributed by atoms with Crippen molar-refractivity contribution in [1.82, 2.24) is 9.78 Å². The lowest BCUT2D eigenvalue weighted by atomic mass is 10.1. The second kappa shape index (κ2) is 4.80. The van der Waals surface area contributed by atoms with Crippen LogP contribution < -0.4 is 0 Å². The lowest BCUT2D eigenvalue weighted by Crippen LogP contribution is -1.94. The molecule has 4 nitrogen and oxygen atoms in total. The van der Waals surface area contributed by atoms with Crippen LogP contribution in [0.3, 0.4) is 0 Å². The predicted octanol–water partition coefficient (Wildman–Crippen LogP) is 2.39. The highest BCUT2D eigenvalue weighted by Crippen LogP contribution is 2.23. The first-order valence-corrected chi connectivity index (χ1v) is 5.42. The highest BCUT2D eigenvalue weighted by molar-refractivity contribution is 5.85. The quantitative estimate of drug-likeness (QED) is 0.778. The molecule has 0 amide bonds. The van der Waals surface area contributed by atoms with E-state index in [2.05, 4.69) is 5.10 Å². The van der Waals surface area contributed by atoms with E-state index in [0.29, 0.717) is 29.7 Å². The summed E-state index contributed by atoms with van der Waals surface area (Å²) in [7, 11) is 0. The van der Waals surface area contributed by atoms with Gasteiger partial charge < -0.3 is 0 Å². The highest BCUT2D eigenvalue weighted by atomic mass is 19.1. The van der Waals surface area contributed by atoms with E-state index in [9.17, 15) is 9.18 Å². The Balaban J connectivity index is 2.55. The third-order valence-electron chi connectivity index (χ3n) is 2.60. The molecule has 90 valence electrons. The van der Waals surface area contributed by atoms with Gasteiger partial charge in [0.05, 0.1) is 11.1 Å². The molecule has 0 fully saturated rings. The Labute approximate surface area is 103 Å². The Morgan fingerprint density at radius 3 is 2.89 bits per heavy atom. The number of aromatic nitrogens is 2. The van der Waals surface area contributed by atoms with Gasteiger partial charge in [-0.3, -0.25) is 9.48 Å². The normalized spacial score (nSPS) is 10.1. The van der Waals surface area contributed by atoms with Crippen LogP contribution in [0.4, 0.5) is 4.39 Å². The lowest BCUT2D eigenvalue weighted by Gasteiger charge is -2.00. The van der Waals surface area contributed by atoms with E-state index in [-0.39, 0.29) is 5.56 Å². The number of hydrogen-bond acceptors (Lipinski definition) is 3. The summed E-state index contributed by atoms with van der Waals surface area (Å²) >= 11 is 0. The molecule has 0 bridgehead atoms. The molecular formula is C13H10FN3O. The molecule has 0 saturated carbocycles. The van der Waals surface area contributed by atoms with Crippen LogP contribution in [0.1, 0.15) is 22.8 Å². The molecule has 0 spiro atoms. The van der Waals surface area contributed by atoms with E-state index >= 15 is 0 Å². The van der Waals surface area contributed by atoms with Gasteiger partial charge in [-0.1, -0.05) is 6.07 Å². The first-order valence-electron chi connectivity index (χ1n) is 5.42. The van der Waals surface area contributed by atoms with Gasteiger partial charge in [0.2, 0.25) is 0 Å². The van der Waals surface area contributed by atoms with Gasteiger partial charge in [-0.25, -0.2) is 4.39 Å². The number of halogens is 1. The molecular weight excluding hydrogens is 233 g/mol. The van der Waals surface area contributed by atoms with E-state index in [1.165, 1.54) is 12.1 Å². The summed E-state index contributed by atoms with van der Waals surface area (Å²) < 4.78 is 15.1. The summed E-state index contributed by atoms with van der Waals surface area (Å²) in [4.78, 5) is 10.9. The van der Waals surface area contributed by atoms with Crippen molar-refractivity contribution in [3.8, 4) is 17.3 Å². The number of carbonyl (C=O) groups is 1. The van der Waals surface area contributed by atoms with Crippen LogP contribution in [-0.2, 0) is 6.54 Å². The Hall–Kier alpha value is -2.48. The largest absolute Gasteiger partial charge is 0.298 e. The number of benzene rings is 1. The fourth-order valence-electron chi connectivity index (χ4n) is 1.66. The van der Waals surface area contributed by atoms with Gasteiger partial charge in [0.25, 0.3) is 0 Å². The maximum Gasteiger partial charge on any atom is 0.153 e. The first kappa shape index (κ1) is 12.0. The van der Waals surface area contributed by atoms with Crippen molar-refractivity contribution >= 4 is 6.29 Å². The minimum atomic E-state index is -0.613. The SMILES string of the molecule is CCn1cc(C=O)c(-c2ccc(C#N)c(F)c2)n1. The molecule has 0 aliphatic heterocycles. The van der Waals surface area contributed by atoms with E-state index in [1.54, 1.807) is 23.0 Å². The molecule has 0 saturated heterocycles. The monoisotopic (exact) mass is 243 g/mol. The van der Waals surface area contributed by atoms with Crippen molar-refractivity contribution in [3.63, 3.8) is 0 Å². The molecule has 2 aromatic rings. The van der Waals surface area contributed by atoms with E-state index < -0.39 is 5.82 Å². The molecule has 1 aromatic carbocycles. The summed E-state index contributed by atoms with van der Waals surface area (Å²) in [6.45, 7) is 2.52. The molecule has 5 heteroatoms. The Morgan fingerprint density at radius 1 is 1.56 bits per heavy atom. The van der Waals surface area contributed by atoms with Crippen LogP contribution in [0.15, 0.2) is 24.4 Å². The summed E-state index contributed by atoms with van der Waals surface area (Å²) in [5.41, 5.74) is 1.29. The highest BCUT2D eigenvalue weighted by Gasteiger charge is 2.12. The molecule has 0 aliphatic carbocycles. The van der Waals surface area contributed by atoms with Crippen LogP contribution >= 0.6 is 0 Å². The molecule has 0 atom stereocenters. The number of carbonyl (C=O) groups excluding carboxylic acids is 1. The van der Waals surface area contributed by atoms with Crippen molar-refractivity contribution in [1.29, 1.82) is 5.26 Å². The van der Waals surface area contributed by atoms with E-state index in [0.717, 1.165) is 0 Å². The fourth-order valence-corrected chi connectivity index (χ4v) is 1.66. The van der Waals surface area contributed by atoms with Crippen LogP contribution in [0.25, 0.3) is 11.3 Å². The number of nitrogens with zero attached hydrogens (tertiary/aromatic N) is 3. The molecule has 1 heterocycles. The van der Waals surface area contributed by atoms with Gasteiger partial charge in [-0.2, -0.15) is 10.4 Å². The van der Waals surface area contributed by atoms with Crippen LogP contribution in [0.2, 0.25) is 0 Å². The second-order valence-corrected chi connectivity index (χ2v) is 3.71. The zero-order valence-electron chi connectivity index (χ0n) is 9.72. The molecule has 0 N–H and O–H groups in total. The zero-order valence-corrected chi connectivity index (χ0v) is 9.72. The van der Waals surface area contributed by atoms with Crippen LogP contribution in [0, 0.1) is 17.1 Å². The number of rotatable bonds is 3. The molecule has 0 unspecified atom stereocenters. The van der Waals surface area contributed by atoms with Gasteiger partial charge in [0, 0.05) is 18.3 Å². The van der Waals surface area contributed by atoms with E-state index in [4.69, 9.17) is 5.26 Å². The maximum atomic E-state index is 13.5. The topological polar surface area (TPSA) is 58.7 Å². The Kier molecular flexibility index (Phi) is 3.20. The van der Waals surface area contributed by atoms with Gasteiger partial charge in [0.15, 0.2) is 6.29 Å². The molecule has 0 radical (unpaired) electrons. The maximum absolute atomic E-state index is 13.5. The van der Waals surface area contributed by atoms with E-state index in [1.807, 2.05) is 6.92 Å². The fraction of sp³-hybridized carbons (Fsp3) is 0.154. The molecule has 18 heavy (non-hydrogen) atoms. The summed E-state index contributed by atoms with van der Waals surface area (Å²) in [5.74, 6) is -0.613. The third-order valence-corrected chi connectivity index (χ3v) is 2.60. The number of nitriles is 1. The van der Waals surface area contributed by atoms with Crippen molar-refractivity contribution in [3.05, 3.63) is 41.3 Å². The summed E-state index contributed by atoms with van der Waals surface area (Å²) in [5, 5.41) is 12.9. The average Bonchev–Trinajstić information content (AvgIpc) is 2.82. The van der Waals surface area contributed by atoms with Crippen molar-refractivity contribution in [2.45, 2.75) is 13.5 Å². The number of aldehydes is 1. The van der Waals surface area contributed by atoms with Crippen LogP contribution in [0.5, 0.6) is 0 Å². The first-order chi connectivity index (χ1) is 8.69. The third kappa shape index (κ3) is 2.00. The average molecular weight is 243 g/mol. The molecule has 0 aliphatic rings. The number of aryl methyl sites for hydroxylation is 1.